The topological polar surface area (TPSA) is 106 Å². The number of hydrogen-bond acceptors (Lipinski definition) is 5. The van der Waals surface area contributed by atoms with Crippen LogP contribution >= 0.6 is 0 Å². The van der Waals surface area contributed by atoms with Crippen molar-refractivity contribution in [2.45, 2.75) is 25.6 Å². The number of hydrogen-bond donors (Lipinski definition) is 1. The summed E-state index contributed by atoms with van der Waals surface area (Å²) in [5, 5.41) is 11.1. The molecule has 0 unspecified atom stereocenters. The van der Waals surface area contributed by atoms with E-state index in [-0.39, 0.29) is 11.3 Å². The number of carbonyl (C=O) groups excluding carboxylic acids is 3. The number of pyridine rings is 1. The Morgan fingerprint density at radius 1 is 1.19 bits per heavy atom. The average molecular weight is 449 g/mol. The minimum absolute atomic E-state index is 0.0846. The average Bonchev–Trinajstić information content (AvgIpc) is 2.90. The van der Waals surface area contributed by atoms with Gasteiger partial charge in [-0.3, -0.25) is 14.5 Å². The predicted molar refractivity (Wildman–Crippen MR) is 103 cm³/mol. The Kier molecular flexibility index (Phi) is 5.38. The number of imide groups is 1. The van der Waals surface area contributed by atoms with Crippen LogP contribution in [0.1, 0.15) is 35.5 Å². The molecule has 166 valence electrons. The summed E-state index contributed by atoms with van der Waals surface area (Å²) >= 11 is 0. The number of amides is 4. The third-order valence-electron chi connectivity index (χ3n) is 4.89. The summed E-state index contributed by atoms with van der Waals surface area (Å²) in [7, 11) is 1.31. The van der Waals surface area contributed by atoms with Crippen LogP contribution in [0.25, 0.3) is 0 Å². The number of anilines is 2. The molecule has 0 saturated carbocycles. The van der Waals surface area contributed by atoms with E-state index in [1.165, 1.54) is 33.0 Å². The molecule has 32 heavy (non-hydrogen) atoms. The lowest BCUT2D eigenvalue weighted by molar-refractivity contribution is -0.138. The quantitative estimate of drug-likeness (QED) is 0.572. The fourth-order valence-corrected chi connectivity index (χ4v) is 3.30. The van der Waals surface area contributed by atoms with Crippen molar-refractivity contribution in [3.63, 3.8) is 0 Å². The molecule has 0 aliphatic carbocycles. The molecule has 1 aromatic carbocycles. The van der Waals surface area contributed by atoms with Crippen molar-refractivity contribution in [1.82, 2.24) is 10.3 Å². The lowest BCUT2D eigenvalue weighted by Gasteiger charge is -2.27. The van der Waals surface area contributed by atoms with Gasteiger partial charge in [0.25, 0.3) is 11.8 Å². The molecule has 0 atom stereocenters. The van der Waals surface area contributed by atoms with Crippen molar-refractivity contribution in [3.8, 4) is 6.07 Å². The van der Waals surface area contributed by atoms with Crippen molar-refractivity contribution in [3.05, 3.63) is 53.1 Å². The zero-order valence-corrected chi connectivity index (χ0v) is 16.9. The zero-order chi connectivity index (χ0) is 24.0. The van der Waals surface area contributed by atoms with E-state index in [1.54, 1.807) is 0 Å². The number of benzene rings is 1. The van der Waals surface area contributed by atoms with Gasteiger partial charge in [0.15, 0.2) is 5.69 Å². The van der Waals surface area contributed by atoms with Gasteiger partial charge in [-0.05, 0) is 38.1 Å². The maximum Gasteiger partial charge on any atom is 0.419 e. The van der Waals surface area contributed by atoms with Gasteiger partial charge in [0.05, 0.1) is 23.0 Å². The van der Waals surface area contributed by atoms with Gasteiger partial charge in [-0.1, -0.05) is 0 Å². The van der Waals surface area contributed by atoms with Crippen LogP contribution in [0.5, 0.6) is 0 Å². The zero-order valence-electron chi connectivity index (χ0n) is 16.9. The minimum Gasteiger partial charge on any atom is -0.355 e. The fraction of sp³-hybridized carbons (Fsp3) is 0.250. The van der Waals surface area contributed by atoms with Crippen LogP contribution in [0.4, 0.5) is 33.7 Å². The summed E-state index contributed by atoms with van der Waals surface area (Å²) in [4.78, 5) is 42.6. The van der Waals surface area contributed by atoms with Crippen molar-refractivity contribution >= 4 is 29.2 Å². The molecule has 0 spiro atoms. The number of rotatable bonds is 3. The maximum atomic E-state index is 14.4. The summed E-state index contributed by atoms with van der Waals surface area (Å²) in [5.41, 5.74) is -4.80. The third-order valence-corrected chi connectivity index (χ3v) is 4.89. The standard InChI is InChI=1S/C20H15F4N5O3/c1-19(2)17(31)28(11-6-13(20(22,23)24)15(8-25)27-9-11)18(32)29(19)10-4-5-12(14(21)7-10)16(30)26-3/h4-7,9H,1-3H3,(H,26,30). The number of nitriles is 1. The normalized spacial score (nSPS) is 15.7. The molecule has 3 rings (SSSR count). The molecule has 1 aliphatic heterocycles. The SMILES string of the molecule is CNC(=O)c1ccc(N2C(=O)N(c3cnc(C#N)c(C(F)(F)F)c3)C(=O)C2(C)C)cc1F. The monoisotopic (exact) mass is 449 g/mol. The first-order valence-corrected chi connectivity index (χ1v) is 9.02. The van der Waals surface area contributed by atoms with Gasteiger partial charge < -0.3 is 5.32 Å². The van der Waals surface area contributed by atoms with Gasteiger partial charge in [-0.15, -0.1) is 0 Å². The first kappa shape index (κ1) is 22.7. The highest BCUT2D eigenvalue weighted by molar-refractivity contribution is 6.30. The smallest absolute Gasteiger partial charge is 0.355 e. The molecule has 12 heteroatoms. The Labute approximate surface area is 179 Å². The van der Waals surface area contributed by atoms with E-state index in [0.717, 1.165) is 23.2 Å². The van der Waals surface area contributed by atoms with E-state index in [4.69, 9.17) is 5.26 Å². The number of carbonyl (C=O) groups is 3. The van der Waals surface area contributed by atoms with Crippen LogP contribution in [-0.2, 0) is 11.0 Å². The number of halogens is 4. The first-order valence-electron chi connectivity index (χ1n) is 9.02. The van der Waals surface area contributed by atoms with Crippen LogP contribution in [0.2, 0.25) is 0 Å². The molecule has 1 aromatic heterocycles. The molecule has 2 heterocycles. The second-order valence-corrected chi connectivity index (χ2v) is 7.26. The maximum absolute atomic E-state index is 14.4. The van der Waals surface area contributed by atoms with E-state index in [1.807, 2.05) is 0 Å². The Balaban J connectivity index is 2.10. The van der Waals surface area contributed by atoms with Gasteiger partial charge in [-0.2, -0.15) is 18.4 Å². The number of alkyl halides is 3. The molecular formula is C20H15F4N5O3. The fourth-order valence-electron chi connectivity index (χ4n) is 3.30. The molecule has 1 saturated heterocycles. The molecule has 8 nitrogen and oxygen atoms in total. The van der Waals surface area contributed by atoms with Crippen LogP contribution in [0.15, 0.2) is 30.5 Å². The summed E-state index contributed by atoms with van der Waals surface area (Å²) in [6.45, 7) is 2.67. The Morgan fingerprint density at radius 2 is 1.84 bits per heavy atom. The second-order valence-electron chi connectivity index (χ2n) is 7.26. The number of nitrogens with one attached hydrogen (secondary N) is 1. The largest absolute Gasteiger partial charge is 0.419 e. The highest BCUT2D eigenvalue weighted by Crippen LogP contribution is 2.39. The van der Waals surface area contributed by atoms with Crippen LogP contribution in [0.3, 0.4) is 0 Å². The first-order chi connectivity index (χ1) is 14.8. The lowest BCUT2D eigenvalue weighted by atomic mass is 10.0. The number of urea groups is 1. The molecule has 2 aromatic rings. The molecule has 1 N–H and O–H groups in total. The van der Waals surface area contributed by atoms with Crippen molar-refractivity contribution in [1.29, 1.82) is 5.26 Å². The summed E-state index contributed by atoms with van der Waals surface area (Å²) in [6.07, 6.45) is -4.15. The molecule has 1 fully saturated rings. The highest BCUT2D eigenvalue weighted by atomic mass is 19.4. The van der Waals surface area contributed by atoms with Crippen molar-refractivity contribution in [2.75, 3.05) is 16.8 Å². The molecule has 0 radical (unpaired) electrons. The van der Waals surface area contributed by atoms with Gasteiger partial charge >= 0.3 is 12.2 Å². The summed E-state index contributed by atoms with van der Waals surface area (Å²) in [6, 6.07) is 3.98. The Bertz CT molecular complexity index is 1190. The van der Waals surface area contributed by atoms with Gasteiger partial charge in [0, 0.05) is 12.7 Å². The van der Waals surface area contributed by atoms with E-state index >= 15 is 0 Å². The van der Waals surface area contributed by atoms with Crippen LogP contribution < -0.4 is 15.1 Å². The van der Waals surface area contributed by atoms with Crippen LogP contribution in [-0.4, -0.2) is 35.4 Å². The Hall–Kier alpha value is -4.01. The van der Waals surface area contributed by atoms with Gasteiger partial charge in [0.1, 0.15) is 17.4 Å². The molecule has 4 amide bonds. The van der Waals surface area contributed by atoms with E-state index < -0.39 is 52.3 Å². The molecule has 0 bridgehead atoms. The number of nitrogens with zero attached hydrogens (tertiary/aromatic N) is 4. The lowest BCUT2D eigenvalue weighted by Crippen LogP contribution is -2.44. The van der Waals surface area contributed by atoms with E-state index in [9.17, 15) is 31.9 Å². The molecular weight excluding hydrogens is 434 g/mol. The van der Waals surface area contributed by atoms with Crippen LogP contribution in [0, 0.1) is 17.1 Å². The number of aromatic nitrogens is 1. The Morgan fingerprint density at radius 3 is 2.38 bits per heavy atom. The highest BCUT2D eigenvalue weighted by Gasteiger charge is 2.53. The summed E-state index contributed by atoms with van der Waals surface area (Å²) in [5.74, 6) is -2.56. The van der Waals surface area contributed by atoms with E-state index in [0.29, 0.717) is 11.0 Å². The second kappa shape index (κ2) is 7.60. The third kappa shape index (κ3) is 3.51. The van der Waals surface area contributed by atoms with Gasteiger partial charge in [-0.25, -0.2) is 19.1 Å². The summed E-state index contributed by atoms with van der Waals surface area (Å²) < 4.78 is 54.4. The molecule has 1 aliphatic rings. The van der Waals surface area contributed by atoms with Crippen molar-refractivity contribution in [2.24, 2.45) is 0 Å². The van der Waals surface area contributed by atoms with Gasteiger partial charge in [0.2, 0.25) is 0 Å². The van der Waals surface area contributed by atoms with E-state index in [2.05, 4.69) is 10.3 Å². The predicted octanol–water partition coefficient (Wildman–Crippen LogP) is 3.22. The minimum atomic E-state index is -4.95. The van der Waals surface area contributed by atoms with Crippen molar-refractivity contribution < 1.29 is 31.9 Å².